The zero-order chi connectivity index (χ0) is 49.8. The molecular formula is C42H86F4N6O13. The second-order valence-electron chi connectivity index (χ2n) is 18.5. The molecule has 390 valence electrons. The lowest BCUT2D eigenvalue weighted by molar-refractivity contribution is -0.151. The number of alkyl halides is 4. The summed E-state index contributed by atoms with van der Waals surface area (Å²) in [6.07, 6.45) is -10.8. The van der Waals surface area contributed by atoms with Crippen molar-refractivity contribution in [3.8, 4) is 0 Å². The van der Waals surface area contributed by atoms with Gasteiger partial charge in [0.25, 0.3) is 5.92 Å². The van der Waals surface area contributed by atoms with Gasteiger partial charge in [-0.15, -0.1) is 0 Å². The molecule has 0 aromatic heterocycles. The average Bonchev–Trinajstić information content (AvgIpc) is 3.24. The lowest BCUT2D eigenvalue weighted by Gasteiger charge is -2.34. The van der Waals surface area contributed by atoms with Crippen molar-refractivity contribution in [2.75, 3.05) is 85.1 Å². The summed E-state index contributed by atoms with van der Waals surface area (Å²) in [6.45, 7) is 15.1. The molecule has 6 fully saturated rings. The molecule has 6 saturated heterocycles. The van der Waals surface area contributed by atoms with Crippen molar-refractivity contribution >= 4 is 0 Å². The number of hydrogen-bond acceptors (Lipinski definition) is 19. The Morgan fingerprint density at radius 1 is 0.462 bits per heavy atom. The van der Waals surface area contributed by atoms with E-state index < -0.39 is 122 Å². The van der Waals surface area contributed by atoms with Crippen LogP contribution in [-0.4, -0.2) is 243 Å². The van der Waals surface area contributed by atoms with E-state index in [4.69, 9.17) is 30.6 Å². The van der Waals surface area contributed by atoms with Gasteiger partial charge in [-0.3, -0.25) is 0 Å². The summed E-state index contributed by atoms with van der Waals surface area (Å²) in [7, 11) is 0. The summed E-state index contributed by atoms with van der Waals surface area (Å²) in [4.78, 5) is 0. The molecule has 0 aromatic carbocycles. The number of aliphatic hydroxyl groups is 13. The first-order valence-corrected chi connectivity index (χ1v) is 23.0. The molecule has 0 amide bonds. The molecule has 19 N–H and O–H groups in total. The molecule has 6 heterocycles. The van der Waals surface area contributed by atoms with Gasteiger partial charge in [0, 0.05) is 108 Å². The standard InChI is InChI=1S/C8H17NO2.2C7H14FNO2.C7H15NO3.C7H15NO2.C6H11F2NO2/c1-5(2)6-3-9-4-7(10)8(6)11;2*1-4(8)5-2-9-3-6(10)7(5)11;1-4(9)5-2-8-3-6(10)7(5)11;1-2-5-3-8-4-6(9)7(5)10;7-6(8)3-9-1-4(2-10)5(6)11/h5-11H,3-4H2,1-2H3;2*4-7,9-11H,2-3H2,1H3;4-11H,2-3H2,1H3;5-10H,2-4H2,1H3;4-5,9-11H,1-3H2/t6-,7-,8-;4-,5+,6+,7+;4-,5-,6-,7-;4?,5-,6-,7-;5-,6+,7+;4-,5-/m101101/s1. The maximum Gasteiger partial charge on any atom is 0.285 e. The summed E-state index contributed by atoms with van der Waals surface area (Å²) < 4.78 is 50.6. The monoisotopic (exact) mass is 959 g/mol. The van der Waals surface area contributed by atoms with Crippen LogP contribution in [0.15, 0.2) is 0 Å². The highest BCUT2D eigenvalue weighted by atomic mass is 19.3. The van der Waals surface area contributed by atoms with Gasteiger partial charge in [0.2, 0.25) is 0 Å². The summed E-state index contributed by atoms with van der Waals surface area (Å²) in [6, 6.07) is 0. The molecular weight excluding hydrogens is 872 g/mol. The number of nitrogens with one attached hydrogen (secondary N) is 6. The normalized spacial score (nSPS) is 40.7. The predicted octanol–water partition coefficient (Wildman–Crippen LogP) is -5.00. The van der Waals surface area contributed by atoms with Crippen LogP contribution < -0.4 is 31.9 Å². The first-order chi connectivity index (χ1) is 30.3. The van der Waals surface area contributed by atoms with E-state index in [-0.39, 0.29) is 24.3 Å². The highest BCUT2D eigenvalue weighted by molar-refractivity contribution is 4.91. The van der Waals surface area contributed by atoms with Crippen LogP contribution in [0.5, 0.6) is 0 Å². The first-order valence-electron chi connectivity index (χ1n) is 23.0. The van der Waals surface area contributed by atoms with Crippen LogP contribution in [0, 0.1) is 41.4 Å². The van der Waals surface area contributed by atoms with Crippen molar-refractivity contribution in [2.24, 2.45) is 41.4 Å². The van der Waals surface area contributed by atoms with Crippen molar-refractivity contribution in [1.29, 1.82) is 0 Å². The zero-order valence-electron chi connectivity index (χ0n) is 38.8. The Bertz CT molecular complexity index is 1110. The summed E-state index contributed by atoms with van der Waals surface area (Å²) in [5.41, 5.74) is 0. The van der Waals surface area contributed by atoms with Crippen molar-refractivity contribution in [2.45, 2.75) is 139 Å². The smallest absolute Gasteiger partial charge is 0.285 e. The molecule has 0 radical (unpaired) electrons. The van der Waals surface area contributed by atoms with Crippen LogP contribution in [-0.2, 0) is 0 Å². The number of β-amino-alcohol motifs (C(OH)–C–C–N with tert-alkyl or cyclic N) is 5. The zero-order valence-corrected chi connectivity index (χ0v) is 38.8. The molecule has 20 atom stereocenters. The Hall–Kier alpha value is -1.04. The van der Waals surface area contributed by atoms with E-state index in [1.165, 1.54) is 13.8 Å². The Morgan fingerprint density at radius 2 is 0.785 bits per heavy atom. The summed E-state index contributed by atoms with van der Waals surface area (Å²) in [5, 5.41) is 136. The van der Waals surface area contributed by atoms with E-state index in [9.17, 15) is 53.3 Å². The van der Waals surface area contributed by atoms with Crippen LogP contribution in [0.2, 0.25) is 0 Å². The third-order valence-corrected chi connectivity index (χ3v) is 13.0. The van der Waals surface area contributed by atoms with Crippen molar-refractivity contribution in [3.05, 3.63) is 0 Å². The van der Waals surface area contributed by atoms with Crippen LogP contribution >= 0.6 is 0 Å². The molecule has 6 aliphatic rings. The minimum Gasteiger partial charge on any atom is -0.396 e. The van der Waals surface area contributed by atoms with E-state index >= 15 is 0 Å². The SMILES string of the molecule is CC(C)[C@H]1CNC[C@@H](O)[C@@H]1O.CC(O)[C@H]1CNC[C@@H](O)[C@@H]1O.CC[C@H]1CNC[C@@H](O)[C@@H]1O.C[C@@H](F)[C@H]1CNC[C@@H](O)[C@@H]1O.C[C@H](F)[C@H]1CNC[C@@H](O)[C@@H]1O.OC[C@H]1CNCC(F)(F)[C@@H]1O. The third-order valence-electron chi connectivity index (χ3n) is 13.0. The van der Waals surface area contributed by atoms with Gasteiger partial charge in [-0.1, -0.05) is 20.8 Å². The second kappa shape index (κ2) is 31.2. The summed E-state index contributed by atoms with van der Waals surface area (Å²) in [5.74, 6) is -4.21. The number of hydrogen-bond donors (Lipinski definition) is 19. The molecule has 0 aliphatic carbocycles. The van der Waals surface area contributed by atoms with Crippen molar-refractivity contribution in [3.63, 3.8) is 0 Å². The molecule has 6 rings (SSSR count). The Labute approximate surface area is 381 Å². The maximum absolute atomic E-state index is 12.7. The van der Waals surface area contributed by atoms with Crippen LogP contribution in [0.3, 0.4) is 0 Å². The molecule has 19 nitrogen and oxygen atoms in total. The van der Waals surface area contributed by atoms with Gasteiger partial charge in [0.1, 0.15) is 18.4 Å². The molecule has 23 heteroatoms. The molecule has 65 heavy (non-hydrogen) atoms. The minimum absolute atomic E-state index is 0.193. The molecule has 0 spiro atoms. The molecule has 0 aromatic rings. The Balaban J connectivity index is 0.000000390. The molecule has 0 bridgehead atoms. The van der Waals surface area contributed by atoms with Gasteiger partial charge in [-0.25, -0.2) is 17.6 Å². The fourth-order valence-electron chi connectivity index (χ4n) is 8.16. The van der Waals surface area contributed by atoms with Crippen LogP contribution in [0.1, 0.15) is 48.0 Å². The quantitative estimate of drug-likeness (QED) is 0.111. The van der Waals surface area contributed by atoms with E-state index in [1.807, 2.05) is 6.92 Å². The lowest BCUT2D eigenvalue weighted by atomic mass is 9.85. The molecule has 6 aliphatic heterocycles. The summed E-state index contributed by atoms with van der Waals surface area (Å²) >= 11 is 0. The van der Waals surface area contributed by atoms with Crippen LogP contribution in [0.25, 0.3) is 0 Å². The first kappa shape index (κ1) is 62.0. The van der Waals surface area contributed by atoms with Gasteiger partial charge in [-0.05, 0) is 39.0 Å². The predicted molar refractivity (Wildman–Crippen MR) is 234 cm³/mol. The van der Waals surface area contributed by atoms with Gasteiger partial charge in [-0.2, -0.15) is 0 Å². The van der Waals surface area contributed by atoms with E-state index in [0.29, 0.717) is 58.3 Å². The fourth-order valence-corrected chi connectivity index (χ4v) is 8.16. The van der Waals surface area contributed by atoms with Gasteiger partial charge < -0.3 is 98.3 Å². The van der Waals surface area contributed by atoms with Crippen molar-refractivity contribution in [1.82, 2.24) is 31.9 Å². The number of aliphatic hydroxyl groups excluding tert-OH is 13. The molecule has 1 unspecified atom stereocenters. The Morgan fingerprint density at radius 3 is 1.06 bits per heavy atom. The highest BCUT2D eigenvalue weighted by Gasteiger charge is 2.45. The molecule has 0 saturated carbocycles. The Kier molecular flexibility index (Phi) is 29.8. The fraction of sp³-hybridized carbons (Fsp3) is 1.00. The van der Waals surface area contributed by atoms with Gasteiger partial charge in [0.15, 0.2) is 0 Å². The lowest BCUT2D eigenvalue weighted by Crippen LogP contribution is -2.56. The minimum atomic E-state index is -3.11. The van der Waals surface area contributed by atoms with Crippen molar-refractivity contribution < 1.29 is 83.9 Å². The number of halogens is 4. The maximum atomic E-state index is 12.7. The topological polar surface area (TPSA) is 335 Å². The van der Waals surface area contributed by atoms with Gasteiger partial charge >= 0.3 is 0 Å². The van der Waals surface area contributed by atoms with Crippen LogP contribution in [0.4, 0.5) is 17.6 Å². The van der Waals surface area contributed by atoms with Gasteiger partial charge in [0.05, 0.1) is 73.7 Å². The number of rotatable bonds is 6. The number of piperidine rings is 6. The van der Waals surface area contributed by atoms with E-state index in [1.54, 1.807) is 6.92 Å². The average molecular weight is 959 g/mol. The highest BCUT2D eigenvalue weighted by Crippen LogP contribution is 2.26. The van der Waals surface area contributed by atoms with E-state index in [2.05, 4.69) is 45.7 Å². The second-order valence-corrected chi connectivity index (χ2v) is 18.5. The van der Waals surface area contributed by atoms with E-state index in [0.717, 1.165) is 19.5 Å². The third kappa shape index (κ3) is 20.8. The largest absolute Gasteiger partial charge is 0.396 e.